The molecule has 39 heavy (non-hydrogen) atoms. The number of imidazole rings is 2. The lowest BCUT2D eigenvalue weighted by Crippen LogP contribution is -2.33. The zero-order chi connectivity index (χ0) is 27.4. The largest absolute Gasteiger partial charge is 0.303 e. The van der Waals surface area contributed by atoms with E-state index in [4.69, 9.17) is 9.97 Å². The van der Waals surface area contributed by atoms with E-state index in [0.29, 0.717) is 0 Å². The molecule has 2 aromatic carbocycles. The third kappa shape index (κ3) is 3.89. The minimum atomic E-state index is -0.755. The van der Waals surface area contributed by atoms with E-state index in [2.05, 4.69) is 160 Å². The van der Waals surface area contributed by atoms with Crippen molar-refractivity contribution in [3.63, 3.8) is 0 Å². The third-order valence-corrected chi connectivity index (χ3v) is 7.56. The van der Waals surface area contributed by atoms with Crippen molar-refractivity contribution in [2.24, 2.45) is 0 Å². The average molecular weight is 513 g/mol. The maximum Gasteiger partial charge on any atom is 0.119 e. The molecule has 0 spiro atoms. The van der Waals surface area contributed by atoms with E-state index < -0.39 is 5.41 Å². The molecular formula is C35H36N4. The first-order valence-electron chi connectivity index (χ1n) is 13.7. The summed E-state index contributed by atoms with van der Waals surface area (Å²) in [6, 6.07) is 34.3. The van der Waals surface area contributed by atoms with Crippen molar-refractivity contribution < 1.29 is 0 Å². The Morgan fingerprint density at radius 1 is 0.462 bits per heavy atom. The zero-order valence-electron chi connectivity index (χ0n) is 23.7. The van der Waals surface area contributed by atoms with Gasteiger partial charge >= 0.3 is 0 Å². The molecule has 0 bridgehead atoms. The van der Waals surface area contributed by atoms with Crippen LogP contribution in [-0.4, -0.2) is 18.8 Å². The van der Waals surface area contributed by atoms with Crippen molar-refractivity contribution in [2.45, 2.75) is 57.8 Å². The van der Waals surface area contributed by atoms with Crippen LogP contribution in [0.3, 0.4) is 0 Å². The van der Waals surface area contributed by atoms with Gasteiger partial charge in [0.25, 0.3) is 0 Å². The quantitative estimate of drug-likeness (QED) is 0.240. The number of aromatic nitrogens is 4. The molecule has 0 aliphatic heterocycles. The van der Waals surface area contributed by atoms with E-state index in [1.807, 2.05) is 0 Å². The van der Waals surface area contributed by atoms with Gasteiger partial charge in [0, 0.05) is 23.2 Å². The summed E-state index contributed by atoms with van der Waals surface area (Å²) >= 11 is 0. The van der Waals surface area contributed by atoms with Crippen molar-refractivity contribution in [3.05, 3.63) is 144 Å². The SMILES string of the molecule is CC(C)(C)c1nc(C(c2ccccc2)(c2ccccc2)c2nc(C(C)(C)C)n3ccccc23)c2ccccn12. The van der Waals surface area contributed by atoms with E-state index >= 15 is 0 Å². The minimum absolute atomic E-state index is 0.158. The van der Waals surface area contributed by atoms with Gasteiger partial charge in [-0.3, -0.25) is 0 Å². The van der Waals surface area contributed by atoms with E-state index in [-0.39, 0.29) is 10.8 Å². The summed E-state index contributed by atoms with van der Waals surface area (Å²) in [6.45, 7) is 13.4. The van der Waals surface area contributed by atoms with Gasteiger partial charge in [-0.25, -0.2) is 9.97 Å². The highest BCUT2D eigenvalue weighted by Crippen LogP contribution is 2.48. The predicted octanol–water partition coefficient (Wildman–Crippen LogP) is 7.96. The molecule has 0 atom stereocenters. The molecule has 0 radical (unpaired) electrons. The molecule has 0 N–H and O–H groups in total. The van der Waals surface area contributed by atoms with Crippen LogP contribution in [-0.2, 0) is 16.2 Å². The van der Waals surface area contributed by atoms with Gasteiger partial charge < -0.3 is 8.80 Å². The summed E-state index contributed by atoms with van der Waals surface area (Å²) in [5.41, 5.74) is 5.38. The van der Waals surface area contributed by atoms with Gasteiger partial charge in [-0.1, -0.05) is 114 Å². The van der Waals surface area contributed by atoms with Gasteiger partial charge in [0.05, 0.1) is 22.4 Å². The second kappa shape index (κ2) is 8.94. The highest BCUT2D eigenvalue weighted by atomic mass is 15.1. The Bertz CT molecular complexity index is 1630. The van der Waals surface area contributed by atoms with E-state index in [1.165, 1.54) is 0 Å². The average Bonchev–Trinajstić information content (AvgIpc) is 3.51. The van der Waals surface area contributed by atoms with Gasteiger partial charge in [-0.2, -0.15) is 0 Å². The normalized spacial score (nSPS) is 12.9. The molecule has 4 heterocycles. The zero-order valence-corrected chi connectivity index (χ0v) is 23.7. The highest BCUT2D eigenvalue weighted by molar-refractivity contribution is 5.73. The van der Waals surface area contributed by atoms with Gasteiger partial charge in [0.15, 0.2) is 0 Å². The highest BCUT2D eigenvalue weighted by Gasteiger charge is 2.46. The van der Waals surface area contributed by atoms with Crippen molar-refractivity contribution in [3.8, 4) is 0 Å². The fourth-order valence-corrected chi connectivity index (χ4v) is 5.89. The van der Waals surface area contributed by atoms with Crippen LogP contribution < -0.4 is 0 Å². The summed E-state index contributed by atoms with van der Waals surface area (Å²) < 4.78 is 4.53. The summed E-state index contributed by atoms with van der Waals surface area (Å²) in [5.74, 6) is 2.06. The van der Waals surface area contributed by atoms with Crippen LogP contribution in [0.25, 0.3) is 11.0 Å². The predicted molar refractivity (Wildman–Crippen MR) is 160 cm³/mol. The maximum atomic E-state index is 5.55. The molecule has 4 nitrogen and oxygen atoms in total. The molecule has 6 aromatic rings. The molecule has 0 aliphatic carbocycles. The molecule has 196 valence electrons. The second-order valence-electron chi connectivity index (χ2n) is 12.5. The third-order valence-electron chi connectivity index (χ3n) is 7.56. The van der Waals surface area contributed by atoms with E-state index in [9.17, 15) is 0 Å². The number of benzene rings is 2. The first-order valence-corrected chi connectivity index (χ1v) is 13.7. The lowest BCUT2D eigenvalue weighted by atomic mass is 9.68. The monoisotopic (exact) mass is 512 g/mol. The first kappa shape index (κ1) is 25.1. The van der Waals surface area contributed by atoms with E-state index in [0.717, 1.165) is 45.2 Å². The van der Waals surface area contributed by atoms with Crippen LogP contribution in [0.5, 0.6) is 0 Å². The van der Waals surface area contributed by atoms with Crippen molar-refractivity contribution in [1.82, 2.24) is 18.8 Å². The van der Waals surface area contributed by atoms with Crippen LogP contribution in [0.4, 0.5) is 0 Å². The Kier molecular flexibility index (Phi) is 5.76. The van der Waals surface area contributed by atoms with Crippen LogP contribution in [0.15, 0.2) is 109 Å². The first-order chi connectivity index (χ1) is 18.6. The van der Waals surface area contributed by atoms with Crippen LogP contribution in [0, 0.1) is 0 Å². The van der Waals surface area contributed by atoms with Gasteiger partial charge in [-0.15, -0.1) is 0 Å². The molecule has 0 unspecified atom stereocenters. The number of hydrogen-bond acceptors (Lipinski definition) is 2. The van der Waals surface area contributed by atoms with Crippen LogP contribution in [0.2, 0.25) is 0 Å². The number of nitrogens with zero attached hydrogens (tertiary/aromatic N) is 4. The van der Waals surface area contributed by atoms with Gasteiger partial charge in [0.1, 0.15) is 17.1 Å². The Balaban J connectivity index is 1.88. The Morgan fingerprint density at radius 2 is 0.821 bits per heavy atom. The lowest BCUT2D eigenvalue weighted by Gasteiger charge is -2.33. The van der Waals surface area contributed by atoms with Gasteiger partial charge in [-0.05, 0) is 35.4 Å². The summed E-state index contributed by atoms with van der Waals surface area (Å²) in [6.07, 6.45) is 4.28. The Morgan fingerprint density at radius 3 is 1.18 bits per heavy atom. The van der Waals surface area contributed by atoms with Crippen LogP contribution in [0.1, 0.15) is 75.7 Å². The molecule has 0 saturated heterocycles. The standard InChI is InChI=1S/C35H36N4/c1-33(2,3)31-36-29(27-21-13-15-23-38(27)31)35(25-17-9-7-10-18-25,26-19-11-8-12-20-26)30-28-22-14-16-24-39(28)32(37-30)34(4,5)6/h7-24H,1-6H3. The molecule has 0 amide bonds. The fourth-order valence-electron chi connectivity index (χ4n) is 5.89. The van der Waals surface area contributed by atoms with Crippen molar-refractivity contribution in [2.75, 3.05) is 0 Å². The summed E-state index contributed by atoms with van der Waals surface area (Å²) in [4.78, 5) is 11.1. The van der Waals surface area contributed by atoms with Crippen molar-refractivity contribution >= 4 is 11.0 Å². The maximum absolute atomic E-state index is 5.55. The second-order valence-corrected chi connectivity index (χ2v) is 12.5. The molecule has 0 fully saturated rings. The van der Waals surface area contributed by atoms with E-state index in [1.54, 1.807) is 0 Å². The lowest BCUT2D eigenvalue weighted by molar-refractivity contribution is 0.535. The number of pyridine rings is 2. The number of rotatable bonds is 4. The molecular weight excluding hydrogens is 476 g/mol. The Labute approximate surface area is 231 Å². The molecule has 0 aliphatic rings. The van der Waals surface area contributed by atoms with Gasteiger partial charge in [0.2, 0.25) is 0 Å². The van der Waals surface area contributed by atoms with Crippen LogP contribution >= 0.6 is 0 Å². The molecule has 4 aromatic heterocycles. The number of hydrogen-bond donors (Lipinski definition) is 0. The number of fused-ring (bicyclic) bond motifs is 2. The molecule has 0 saturated carbocycles. The van der Waals surface area contributed by atoms with Crippen molar-refractivity contribution in [1.29, 1.82) is 0 Å². The molecule has 4 heteroatoms. The minimum Gasteiger partial charge on any atom is -0.303 e. The molecule has 6 rings (SSSR count). The summed E-state index contributed by atoms with van der Waals surface area (Å²) in [7, 11) is 0. The fraction of sp³-hybridized carbons (Fsp3) is 0.257. The summed E-state index contributed by atoms with van der Waals surface area (Å²) in [5, 5.41) is 0. The topological polar surface area (TPSA) is 34.6 Å². The smallest absolute Gasteiger partial charge is 0.119 e. The Hall–Kier alpha value is -4.18.